The van der Waals surface area contributed by atoms with E-state index in [1.165, 1.54) is 16.9 Å². The van der Waals surface area contributed by atoms with E-state index in [-0.39, 0.29) is 0 Å². The van der Waals surface area contributed by atoms with Gasteiger partial charge in [-0.15, -0.1) is 11.8 Å². The zero-order valence-corrected chi connectivity index (χ0v) is 10.1. The first-order valence-electron chi connectivity index (χ1n) is 5.97. The number of hydrogen-bond acceptors (Lipinski definition) is 3. The van der Waals surface area contributed by atoms with Crippen LogP contribution in [0.4, 0.5) is 0 Å². The van der Waals surface area contributed by atoms with E-state index in [4.69, 9.17) is 4.74 Å². The summed E-state index contributed by atoms with van der Waals surface area (Å²) >= 11 is 1.99. The molecular weight excluding hydrogens is 218 g/mol. The van der Waals surface area contributed by atoms with E-state index < -0.39 is 0 Å². The molecule has 1 aromatic carbocycles. The summed E-state index contributed by atoms with van der Waals surface area (Å²) in [6.07, 6.45) is 1.28. The first-order valence-corrected chi connectivity index (χ1v) is 6.85. The first-order chi connectivity index (χ1) is 7.93. The molecule has 2 aliphatic rings. The van der Waals surface area contributed by atoms with Crippen molar-refractivity contribution in [2.45, 2.75) is 22.5 Å². The van der Waals surface area contributed by atoms with Gasteiger partial charge < -0.3 is 10.1 Å². The average molecular weight is 235 g/mol. The highest BCUT2D eigenvalue weighted by Gasteiger charge is 2.24. The van der Waals surface area contributed by atoms with Gasteiger partial charge in [0, 0.05) is 11.4 Å². The molecule has 0 aromatic heterocycles. The number of thioether (sulfide) groups is 1. The number of hydrogen-bond donors (Lipinski definition) is 1. The summed E-state index contributed by atoms with van der Waals surface area (Å²) in [4.78, 5) is 1.46. The Bertz CT molecular complexity index is 359. The molecule has 1 N–H and O–H groups in total. The predicted octanol–water partition coefficient (Wildman–Crippen LogP) is 2.25. The van der Waals surface area contributed by atoms with E-state index in [0.29, 0.717) is 11.2 Å². The zero-order chi connectivity index (χ0) is 10.8. The van der Waals surface area contributed by atoms with Crippen molar-refractivity contribution in [3.05, 3.63) is 29.8 Å². The highest BCUT2D eigenvalue weighted by atomic mass is 32.2. The second-order valence-corrected chi connectivity index (χ2v) is 5.85. The molecule has 3 heteroatoms. The van der Waals surface area contributed by atoms with Gasteiger partial charge in [-0.1, -0.05) is 18.2 Å². The average Bonchev–Trinajstić information content (AvgIpc) is 2.77. The van der Waals surface area contributed by atoms with Gasteiger partial charge in [-0.05, 0) is 30.5 Å². The lowest BCUT2D eigenvalue weighted by Crippen LogP contribution is -2.30. The Morgan fingerprint density at radius 2 is 2.12 bits per heavy atom. The van der Waals surface area contributed by atoms with Gasteiger partial charge in [0.1, 0.15) is 0 Å². The quantitative estimate of drug-likeness (QED) is 0.868. The van der Waals surface area contributed by atoms with Gasteiger partial charge >= 0.3 is 0 Å². The third-order valence-electron chi connectivity index (χ3n) is 3.32. The number of nitrogens with one attached hydrogen (secondary N) is 1. The van der Waals surface area contributed by atoms with Gasteiger partial charge in [0.2, 0.25) is 0 Å². The third kappa shape index (κ3) is 2.12. The van der Waals surface area contributed by atoms with Crippen LogP contribution < -0.4 is 5.32 Å². The lowest BCUT2D eigenvalue weighted by molar-refractivity contribution is 0.0455. The number of benzene rings is 1. The normalized spacial score (nSPS) is 25.6. The summed E-state index contributed by atoms with van der Waals surface area (Å²) in [6, 6.07) is 8.86. The van der Waals surface area contributed by atoms with Crippen LogP contribution in [0.25, 0.3) is 0 Å². The molecule has 1 unspecified atom stereocenters. The molecule has 2 nitrogen and oxygen atoms in total. The van der Waals surface area contributed by atoms with Gasteiger partial charge in [0.05, 0.1) is 18.5 Å². The minimum Gasteiger partial charge on any atom is -0.379 e. The van der Waals surface area contributed by atoms with Crippen LogP contribution in [0, 0.1) is 0 Å². The van der Waals surface area contributed by atoms with E-state index in [1.807, 2.05) is 11.8 Å². The van der Waals surface area contributed by atoms with Crippen molar-refractivity contribution < 1.29 is 4.74 Å². The van der Waals surface area contributed by atoms with E-state index >= 15 is 0 Å². The summed E-state index contributed by atoms with van der Waals surface area (Å²) in [7, 11) is 0. The summed E-state index contributed by atoms with van der Waals surface area (Å²) in [5, 5.41) is 4.12. The second-order valence-electron chi connectivity index (χ2n) is 4.50. The van der Waals surface area contributed by atoms with E-state index in [9.17, 15) is 0 Å². The van der Waals surface area contributed by atoms with Crippen LogP contribution in [0.3, 0.4) is 0 Å². The molecule has 0 saturated carbocycles. The minimum atomic E-state index is 0.676. The van der Waals surface area contributed by atoms with E-state index in [2.05, 4.69) is 29.6 Å². The molecule has 2 fully saturated rings. The summed E-state index contributed by atoms with van der Waals surface area (Å²) in [6.45, 7) is 4.14. The first kappa shape index (κ1) is 10.6. The molecule has 1 atom stereocenters. The maximum Gasteiger partial charge on any atom is 0.0611 e. The van der Waals surface area contributed by atoms with Crippen LogP contribution >= 0.6 is 11.8 Å². The van der Waals surface area contributed by atoms with Gasteiger partial charge in [-0.25, -0.2) is 0 Å². The maximum atomic E-state index is 5.24. The SMILES string of the molecule is c1ccc(C2CCNC2)c(SC2COC2)c1. The topological polar surface area (TPSA) is 21.3 Å². The van der Waals surface area contributed by atoms with Crippen LogP contribution in [-0.2, 0) is 4.74 Å². The lowest BCUT2D eigenvalue weighted by Gasteiger charge is -2.26. The van der Waals surface area contributed by atoms with Crippen molar-refractivity contribution in [1.29, 1.82) is 0 Å². The third-order valence-corrected chi connectivity index (χ3v) is 4.55. The molecule has 0 aliphatic carbocycles. The van der Waals surface area contributed by atoms with Crippen molar-refractivity contribution in [2.24, 2.45) is 0 Å². The maximum absolute atomic E-state index is 5.24. The molecule has 16 heavy (non-hydrogen) atoms. The Labute approximate surface area is 101 Å². The molecule has 3 rings (SSSR count). The molecule has 0 radical (unpaired) electrons. The molecule has 0 spiro atoms. The Morgan fingerprint density at radius 1 is 1.25 bits per heavy atom. The van der Waals surface area contributed by atoms with E-state index in [1.54, 1.807) is 0 Å². The van der Waals surface area contributed by atoms with Gasteiger partial charge in [0.25, 0.3) is 0 Å². The Hall–Kier alpha value is -0.510. The summed E-state index contributed by atoms with van der Waals surface area (Å²) < 4.78 is 5.24. The monoisotopic (exact) mass is 235 g/mol. The Morgan fingerprint density at radius 3 is 2.81 bits per heavy atom. The fourth-order valence-electron chi connectivity index (χ4n) is 2.31. The molecule has 86 valence electrons. The highest BCUT2D eigenvalue weighted by Crippen LogP contribution is 2.35. The Balaban J connectivity index is 1.78. The zero-order valence-electron chi connectivity index (χ0n) is 9.32. The van der Waals surface area contributed by atoms with Crippen molar-refractivity contribution in [3.63, 3.8) is 0 Å². The van der Waals surface area contributed by atoms with Gasteiger partial charge in [-0.2, -0.15) is 0 Å². The smallest absolute Gasteiger partial charge is 0.0611 e. The van der Waals surface area contributed by atoms with Crippen LogP contribution in [0.2, 0.25) is 0 Å². The molecule has 2 aliphatic heterocycles. The van der Waals surface area contributed by atoms with Crippen molar-refractivity contribution in [1.82, 2.24) is 5.32 Å². The van der Waals surface area contributed by atoms with Crippen LogP contribution in [0.1, 0.15) is 17.9 Å². The molecule has 2 heterocycles. The second kappa shape index (κ2) is 4.78. The van der Waals surface area contributed by atoms with Gasteiger partial charge in [0.15, 0.2) is 0 Å². The molecular formula is C13H17NOS. The predicted molar refractivity (Wildman–Crippen MR) is 67.1 cm³/mol. The highest BCUT2D eigenvalue weighted by molar-refractivity contribution is 8.00. The van der Waals surface area contributed by atoms with Crippen molar-refractivity contribution in [3.8, 4) is 0 Å². The van der Waals surface area contributed by atoms with E-state index in [0.717, 1.165) is 26.3 Å². The summed E-state index contributed by atoms with van der Waals surface area (Å²) in [5.41, 5.74) is 1.53. The molecule has 1 aromatic rings. The number of rotatable bonds is 3. The fraction of sp³-hybridized carbons (Fsp3) is 0.538. The van der Waals surface area contributed by atoms with Gasteiger partial charge in [-0.3, -0.25) is 0 Å². The minimum absolute atomic E-state index is 0.676. The molecule has 2 saturated heterocycles. The standard InChI is InChI=1S/C13H17NOS/c1-2-4-13(16-11-8-15-9-11)12(3-1)10-5-6-14-7-10/h1-4,10-11,14H,5-9H2. The fourth-order valence-corrected chi connectivity index (χ4v) is 3.52. The van der Waals surface area contributed by atoms with Crippen LogP contribution in [0.5, 0.6) is 0 Å². The molecule has 0 bridgehead atoms. The molecule has 0 amide bonds. The van der Waals surface area contributed by atoms with Crippen LogP contribution in [-0.4, -0.2) is 31.6 Å². The van der Waals surface area contributed by atoms with Crippen molar-refractivity contribution in [2.75, 3.05) is 26.3 Å². The number of ether oxygens (including phenoxy) is 1. The van der Waals surface area contributed by atoms with Crippen molar-refractivity contribution >= 4 is 11.8 Å². The van der Waals surface area contributed by atoms with Crippen LogP contribution in [0.15, 0.2) is 29.2 Å². The largest absolute Gasteiger partial charge is 0.379 e. The lowest BCUT2D eigenvalue weighted by atomic mass is 9.99. The Kier molecular flexibility index (Phi) is 3.18. The summed E-state index contributed by atoms with van der Waals surface area (Å²) in [5.74, 6) is 0.713.